The molecule has 5 heteroatoms. The lowest BCUT2D eigenvalue weighted by Gasteiger charge is -2.30. The summed E-state index contributed by atoms with van der Waals surface area (Å²) in [5, 5.41) is 11.2. The lowest BCUT2D eigenvalue weighted by Crippen LogP contribution is -2.41. The molecule has 3 aliphatic carbocycles. The monoisotopic (exact) mass is 287 g/mol. The predicted molar refractivity (Wildman–Crippen MR) is 81.2 cm³/mol. The van der Waals surface area contributed by atoms with Gasteiger partial charge < -0.3 is 10.2 Å². The van der Waals surface area contributed by atoms with Gasteiger partial charge in [-0.25, -0.2) is 0 Å². The quantitative estimate of drug-likeness (QED) is 0.889. The Morgan fingerprint density at radius 1 is 1.10 bits per heavy atom. The van der Waals surface area contributed by atoms with E-state index in [9.17, 15) is 0 Å². The van der Waals surface area contributed by atoms with Gasteiger partial charge in [-0.05, 0) is 62.8 Å². The second-order valence-corrected chi connectivity index (χ2v) is 7.58. The highest BCUT2D eigenvalue weighted by Gasteiger charge is 2.66. The fourth-order valence-electron chi connectivity index (χ4n) is 5.61. The van der Waals surface area contributed by atoms with Gasteiger partial charge in [-0.3, -0.25) is 5.10 Å². The first-order chi connectivity index (χ1) is 10.3. The summed E-state index contributed by atoms with van der Waals surface area (Å²) in [6.07, 6.45) is 6.84. The van der Waals surface area contributed by atoms with Crippen molar-refractivity contribution in [3.63, 3.8) is 0 Å². The number of hydrogen-bond acceptors (Lipinski definition) is 4. The van der Waals surface area contributed by atoms with Crippen LogP contribution in [0.2, 0.25) is 0 Å². The van der Waals surface area contributed by atoms with E-state index in [2.05, 4.69) is 27.5 Å². The summed E-state index contributed by atoms with van der Waals surface area (Å²) in [7, 11) is 2.06. The van der Waals surface area contributed by atoms with Crippen molar-refractivity contribution in [2.45, 2.75) is 44.1 Å². The Balaban J connectivity index is 1.29. The van der Waals surface area contributed by atoms with Gasteiger partial charge in [-0.15, -0.1) is 5.10 Å². The van der Waals surface area contributed by atoms with Crippen molar-refractivity contribution in [2.75, 3.05) is 25.0 Å². The molecule has 4 fully saturated rings. The summed E-state index contributed by atoms with van der Waals surface area (Å²) in [5.41, 5.74) is 0. The second-order valence-electron chi connectivity index (χ2n) is 7.58. The molecular weight excluding hydrogens is 262 g/mol. The average molecular weight is 287 g/mol. The van der Waals surface area contributed by atoms with Crippen molar-refractivity contribution in [1.29, 1.82) is 0 Å². The number of aromatic amines is 1. The molecule has 4 unspecified atom stereocenters. The molecule has 0 radical (unpaired) electrons. The van der Waals surface area contributed by atoms with Crippen LogP contribution in [0.4, 0.5) is 5.95 Å². The zero-order valence-electron chi connectivity index (χ0n) is 12.8. The maximum Gasteiger partial charge on any atom is 0.244 e. The van der Waals surface area contributed by atoms with Gasteiger partial charge in [-0.2, -0.15) is 4.98 Å². The van der Waals surface area contributed by atoms with E-state index in [4.69, 9.17) is 4.98 Å². The molecule has 1 aromatic rings. The lowest BCUT2D eigenvalue weighted by molar-refractivity contribution is 0.439. The van der Waals surface area contributed by atoms with E-state index in [1.165, 1.54) is 37.9 Å². The lowest BCUT2D eigenvalue weighted by atomic mass is 10.0. The van der Waals surface area contributed by atoms with Crippen LogP contribution in [0.3, 0.4) is 0 Å². The predicted octanol–water partition coefficient (Wildman–Crippen LogP) is 1.75. The normalized spacial score (nSPS) is 41.6. The summed E-state index contributed by atoms with van der Waals surface area (Å²) in [6.45, 7) is 2.15. The van der Waals surface area contributed by atoms with E-state index in [-0.39, 0.29) is 0 Å². The van der Waals surface area contributed by atoms with E-state index in [0.717, 1.165) is 42.7 Å². The van der Waals surface area contributed by atoms with Gasteiger partial charge in [0.15, 0.2) is 0 Å². The number of piperidine rings is 1. The van der Waals surface area contributed by atoms with Crippen LogP contribution in [-0.4, -0.2) is 41.4 Å². The first-order valence-corrected chi connectivity index (χ1v) is 8.69. The highest BCUT2D eigenvalue weighted by atomic mass is 15.4. The van der Waals surface area contributed by atoms with Crippen molar-refractivity contribution in [3.8, 4) is 0 Å². The molecule has 1 aliphatic heterocycles. The number of rotatable bonds is 3. The van der Waals surface area contributed by atoms with E-state index in [0.29, 0.717) is 12.0 Å². The third-order valence-corrected chi connectivity index (χ3v) is 6.73. The summed E-state index contributed by atoms with van der Waals surface area (Å²) >= 11 is 0. The topological polar surface area (TPSA) is 56.8 Å². The Bertz CT molecular complexity index is 517. The molecular formula is C16H25N5. The molecule has 0 spiro atoms. The van der Waals surface area contributed by atoms with Gasteiger partial charge in [0.2, 0.25) is 5.95 Å². The van der Waals surface area contributed by atoms with Crippen LogP contribution in [-0.2, 0) is 0 Å². The smallest absolute Gasteiger partial charge is 0.244 e. The Kier molecular flexibility index (Phi) is 2.64. The molecule has 2 N–H and O–H groups in total. The van der Waals surface area contributed by atoms with Crippen molar-refractivity contribution >= 4 is 5.95 Å². The minimum absolute atomic E-state index is 0.665. The summed E-state index contributed by atoms with van der Waals surface area (Å²) in [5.74, 6) is 6.74. The Hall–Kier alpha value is -1.10. The SMILES string of the molecule is CNC1CCN(c2n[nH]c(C3C4C5CCC(C5)C34)n2)CC1. The zero-order chi connectivity index (χ0) is 14.0. The number of nitrogens with one attached hydrogen (secondary N) is 2. The zero-order valence-corrected chi connectivity index (χ0v) is 12.8. The Morgan fingerprint density at radius 3 is 2.48 bits per heavy atom. The molecule has 0 amide bonds. The molecule has 21 heavy (non-hydrogen) atoms. The number of aromatic nitrogens is 3. The fourth-order valence-corrected chi connectivity index (χ4v) is 5.61. The molecule has 5 nitrogen and oxygen atoms in total. The maximum absolute atomic E-state index is 4.86. The standard InChI is InChI=1S/C16H25N5/c1-17-11-4-6-21(7-5-11)16-18-15(19-20-16)14-12-9-2-3-10(8-9)13(12)14/h9-14,17H,2-8H2,1H3,(H,18,19,20). The van der Waals surface area contributed by atoms with Crippen LogP contribution in [0.25, 0.3) is 0 Å². The van der Waals surface area contributed by atoms with Crippen molar-refractivity contribution in [1.82, 2.24) is 20.5 Å². The van der Waals surface area contributed by atoms with Gasteiger partial charge in [0.1, 0.15) is 5.82 Å². The minimum atomic E-state index is 0.665. The van der Waals surface area contributed by atoms with Crippen LogP contribution in [0.1, 0.15) is 43.8 Å². The van der Waals surface area contributed by atoms with Gasteiger partial charge in [0.05, 0.1) is 0 Å². The average Bonchev–Trinajstić information content (AvgIpc) is 2.94. The third-order valence-electron chi connectivity index (χ3n) is 6.73. The number of nitrogens with zero attached hydrogens (tertiary/aromatic N) is 3. The van der Waals surface area contributed by atoms with Gasteiger partial charge in [0, 0.05) is 25.0 Å². The van der Waals surface area contributed by atoms with Crippen molar-refractivity contribution < 1.29 is 0 Å². The summed E-state index contributed by atoms with van der Waals surface area (Å²) < 4.78 is 0. The molecule has 114 valence electrons. The summed E-state index contributed by atoms with van der Waals surface area (Å²) in [4.78, 5) is 7.21. The van der Waals surface area contributed by atoms with E-state index < -0.39 is 0 Å². The van der Waals surface area contributed by atoms with Gasteiger partial charge in [0.25, 0.3) is 0 Å². The number of anilines is 1. The molecule has 1 aromatic heterocycles. The molecule has 3 saturated carbocycles. The number of fused-ring (bicyclic) bond motifs is 5. The fraction of sp³-hybridized carbons (Fsp3) is 0.875. The molecule has 5 rings (SSSR count). The third kappa shape index (κ3) is 1.79. The summed E-state index contributed by atoms with van der Waals surface area (Å²) in [6, 6.07) is 0.665. The molecule has 4 atom stereocenters. The first-order valence-electron chi connectivity index (χ1n) is 8.69. The van der Waals surface area contributed by atoms with E-state index in [1.807, 2.05) is 0 Å². The van der Waals surface area contributed by atoms with Gasteiger partial charge >= 0.3 is 0 Å². The molecule has 0 aromatic carbocycles. The molecule has 2 bridgehead atoms. The highest BCUT2D eigenvalue weighted by Crippen LogP contribution is 2.72. The van der Waals surface area contributed by atoms with Crippen LogP contribution < -0.4 is 10.2 Å². The first kappa shape index (κ1) is 12.4. The molecule has 1 saturated heterocycles. The minimum Gasteiger partial charge on any atom is -0.339 e. The Labute approximate surface area is 125 Å². The van der Waals surface area contributed by atoms with Crippen LogP contribution in [0.5, 0.6) is 0 Å². The molecule has 2 heterocycles. The van der Waals surface area contributed by atoms with Crippen molar-refractivity contribution in [2.24, 2.45) is 23.7 Å². The highest BCUT2D eigenvalue weighted by molar-refractivity contribution is 5.33. The molecule has 4 aliphatic rings. The number of hydrogen-bond donors (Lipinski definition) is 2. The van der Waals surface area contributed by atoms with Crippen LogP contribution >= 0.6 is 0 Å². The van der Waals surface area contributed by atoms with Crippen molar-refractivity contribution in [3.05, 3.63) is 5.82 Å². The maximum atomic E-state index is 4.86. The Morgan fingerprint density at radius 2 is 1.81 bits per heavy atom. The van der Waals surface area contributed by atoms with Gasteiger partial charge in [-0.1, -0.05) is 0 Å². The van der Waals surface area contributed by atoms with E-state index >= 15 is 0 Å². The second kappa shape index (κ2) is 4.45. The van der Waals surface area contributed by atoms with E-state index in [1.54, 1.807) is 0 Å². The largest absolute Gasteiger partial charge is 0.339 e. The van der Waals surface area contributed by atoms with Crippen LogP contribution in [0, 0.1) is 23.7 Å². The number of H-pyrrole nitrogens is 1. The van der Waals surface area contributed by atoms with Crippen LogP contribution in [0.15, 0.2) is 0 Å².